The van der Waals surface area contributed by atoms with Gasteiger partial charge in [0.25, 0.3) is 0 Å². The average Bonchev–Trinajstić information content (AvgIpc) is 2.53. The van der Waals surface area contributed by atoms with Crippen molar-refractivity contribution in [1.29, 1.82) is 0 Å². The Morgan fingerprint density at radius 1 is 1.30 bits per heavy atom. The zero-order chi connectivity index (χ0) is 14.5. The molecule has 0 aliphatic heterocycles. The molecule has 106 valence electrons. The molecule has 0 radical (unpaired) electrons. The number of Topliss-reactive ketones (excluding diaryl/α,β-unsaturated/α-hetero) is 1. The lowest BCUT2D eigenvalue weighted by atomic mass is 9.86. The summed E-state index contributed by atoms with van der Waals surface area (Å²) < 4.78 is 0. The SMILES string of the molecule is CC1=CC(Cc2ccccc2)C(=O)C(CC(=O)O)CC1. The molecule has 0 fully saturated rings. The van der Waals surface area contributed by atoms with E-state index in [0.717, 1.165) is 12.0 Å². The number of ketones is 1. The normalized spacial score (nSPS) is 23.1. The molecule has 3 nitrogen and oxygen atoms in total. The minimum absolute atomic E-state index is 0.0504. The molecule has 1 aromatic rings. The van der Waals surface area contributed by atoms with Crippen LogP contribution in [0.15, 0.2) is 42.0 Å². The van der Waals surface area contributed by atoms with E-state index in [-0.39, 0.29) is 24.0 Å². The highest BCUT2D eigenvalue weighted by Crippen LogP contribution is 2.28. The number of carbonyl (C=O) groups excluding carboxylic acids is 1. The van der Waals surface area contributed by atoms with Crippen molar-refractivity contribution in [3.05, 3.63) is 47.5 Å². The Kier molecular flexibility index (Phi) is 4.72. The fourth-order valence-corrected chi connectivity index (χ4v) is 2.80. The number of hydrogen-bond donors (Lipinski definition) is 1. The first-order valence-electron chi connectivity index (χ1n) is 7.03. The standard InChI is InChI=1S/C17H20O3/c1-12-7-8-14(11-16(18)19)17(20)15(9-12)10-13-5-3-2-4-6-13/h2-6,9,14-15H,7-8,10-11H2,1H3,(H,18,19). The van der Waals surface area contributed by atoms with Gasteiger partial charge in [-0.25, -0.2) is 0 Å². The van der Waals surface area contributed by atoms with Gasteiger partial charge < -0.3 is 5.11 Å². The Hall–Kier alpha value is -1.90. The Bertz CT molecular complexity index is 516. The van der Waals surface area contributed by atoms with Crippen LogP contribution in [-0.2, 0) is 16.0 Å². The van der Waals surface area contributed by atoms with Gasteiger partial charge in [0.05, 0.1) is 6.42 Å². The van der Waals surface area contributed by atoms with Crippen molar-refractivity contribution >= 4 is 11.8 Å². The number of carbonyl (C=O) groups is 2. The summed E-state index contributed by atoms with van der Waals surface area (Å²) in [5, 5.41) is 8.95. The van der Waals surface area contributed by atoms with Gasteiger partial charge in [0.1, 0.15) is 5.78 Å². The van der Waals surface area contributed by atoms with Crippen LogP contribution in [0.25, 0.3) is 0 Å². The molecule has 20 heavy (non-hydrogen) atoms. The predicted molar refractivity (Wildman–Crippen MR) is 77.4 cm³/mol. The summed E-state index contributed by atoms with van der Waals surface area (Å²) in [7, 11) is 0. The maximum absolute atomic E-state index is 12.5. The number of benzene rings is 1. The number of allylic oxidation sites excluding steroid dienone is 2. The van der Waals surface area contributed by atoms with Crippen molar-refractivity contribution in [3.63, 3.8) is 0 Å². The maximum atomic E-state index is 12.5. The Labute approximate surface area is 119 Å². The van der Waals surface area contributed by atoms with E-state index in [0.29, 0.717) is 12.8 Å². The van der Waals surface area contributed by atoms with E-state index in [1.54, 1.807) is 0 Å². The first-order chi connectivity index (χ1) is 9.56. The topological polar surface area (TPSA) is 54.4 Å². The molecule has 2 rings (SSSR count). The van der Waals surface area contributed by atoms with Crippen LogP contribution >= 0.6 is 0 Å². The molecule has 1 aliphatic carbocycles. The van der Waals surface area contributed by atoms with E-state index < -0.39 is 5.97 Å². The van der Waals surface area contributed by atoms with Gasteiger partial charge in [0.15, 0.2) is 0 Å². The average molecular weight is 272 g/mol. The summed E-state index contributed by atoms with van der Waals surface area (Å²) in [5.41, 5.74) is 2.30. The van der Waals surface area contributed by atoms with Gasteiger partial charge in [-0.1, -0.05) is 42.0 Å². The van der Waals surface area contributed by atoms with Crippen LogP contribution in [0.5, 0.6) is 0 Å². The summed E-state index contributed by atoms with van der Waals surface area (Å²) >= 11 is 0. The maximum Gasteiger partial charge on any atom is 0.304 e. The Morgan fingerprint density at radius 3 is 2.65 bits per heavy atom. The number of carboxylic acids is 1. The molecular formula is C17H20O3. The first-order valence-corrected chi connectivity index (χ1v) is 7.03. The molecule has 1 N–H and O–H groups in total. The van der Waals surface area contributed by atoms with Gasteiger partial charge in [0, 0.05) is 11.8 Å². The van der Waals surface area contributed by atoms with E-state index in [1.807, 2.05) is 43.3 Å². The molecule has 0 amide bonds. The smallest absolute Gasteiger partial charge is 0.304 e. The Morgan fingerprint density at radius 2 is 2.00 bits per heavy atom. The second kappa shape index (κ2) is 6.51. The number of rotatable bonds is 4. The van der Waals surface area contributed by atoms with Crippen LogP contribution in [0.1, 0.15) is 31.7 Å². The highest BCUT2D eigenvalue weighted by Gasteiger charge is 2.29. The molecule has 0 heterocycles. The van der Waals surface area contributed by atoms with Gasteiger partial charge in [-0.15, -0.1) is 0 Å². The minimum Gasteiger partial charge on any atom is -0.481 e. The molecule has 1 aromatic carbocycles. The fourth-order valence-electron chi connectivity index (χ4n) is 2.80. The van der Waals surface area contributed by atoms with E-state index in [9.17, 15) is 9.59 Å². The highest BCUT2D eigenvalue weighted by molar-refractivity contribution is 5.88. The van der Waals surface area contributed by atoms with Crippen LogP contribution in [0.2, 0.25) is 0 Å². The molecule has 0 spiro atoms. The quantitative estimate of drug-likeness (QED) is 0.856. The lowest BCUT2D eigenvalue weighted by Gasteiger charge is -2.16. The third-order valence-electron chi connectivity index (χ3n) is 3.86. The van der Waals surface area contributed by atoms with Crippen LogP contribution in [0.3, 0.4) is 0 Å². The second-order valence-electron chi connectivity index (χ2n) is 5.55. The zero-order valence-electron chi connectivity index (χ0n) is 11.7. The van der Waals surface area contributed by atoms with Crippen LogP contribution in [0, 0.1) is 11.8 Å². The molecule has 0 aromatic heterocycles. The van der Waals surface area contributed by atoms with E-state index in [1.165, 1.54) is 5.57 Å². The second-order valence-corrected chi connectivity index (χ2v) is 5.55. The van der Waals surface area contributed by atoms with E-state index >= 15 is 0 Å². The van der Waals surface area contributed by atoms with E-state index in [4.69, 9.17) is 5.11 Å². The highest BCUT2D eigenvalue weighted by atomic mass is 16.4. The third-order valence-corrected chi connectivity index (χ3v) is 3.86. The third kappa shape index (κ3) is 3.80. The van der Waals surface area contributed by atoms with Gasteiger partial charge in [-0.2, -0.15) is 0 Å². The van der Waals surface area contributed by atoms with Gasteiger partial charge in [-0.3, -0.25) is 9.59 Å². The van der Waals surface area contributed by atoms with Crippen molar-refractivity contribution < 1.29 is 14.7 Å². The molecule has 0 bridgehead atoms. The number of hydrogen-bond acceptors (Lipinski definition) is 2. The molecule has 1 aliphatic rings. The summed E-state index contributed by atoms with van der Waals surface area (Å²) in [6, 6.07) is 9.89. The molecule has 2 atom stereocenters. The fraction of sp³-hybridized carbons (Fsp3) is 0.412. The minimum atomic E-state index is -0.888. The van der Waals surface area contributed by atoms with Crippen molar-refractivity contribution in [2.24, 2.45) is 11.8 Å². The predicted octanol–water partition coefficient (Wildman–Crippen LogP) is 3.25. The monoisotopic (exact) mass is 272 g/mol. The molecule has 0 saturated carbocycles. The van der Waals surface area contributed by atoms with Crippen molar-refractivity contribution in [2.75, 3.05) is 0 Å². The number of aliphatic carboxylic acids is 1. The van der Waals surface area contributed by atoms with Gasteiger partial charge in [-0.05, 0) is 31.7 Å². The number of carboxylic acid groups (broad SMARTS) is 1. The molecule has 3 heteroatoms. The zero-order valence-corrected chi connectivity index (χ0v) is 11.7. The first kappa shape index (κ1) is 14.5. The van der Waals surface area contributed by atoms with Crippen molar-refractivity contribution in [1.82, 2.24) is 0 Å². The van der Waals surface area contributed by atoms with Crippen molar-refractivity contribution in [3.8, 4) is 0 Å². The van der Waals surface area contributed by atoms with E-state index in [2.05, 4.69) is 0 Å². The molecular weight excluding hydrogens is 252 g/mol. The lowest BCUT2D eigenvalue weighted by Crippen LogP contribution is -2.25. The summed E-state index contributed by atoms with van der Waals surface area (Å²) in [6.07, 6.45) is 4.10. The van der Waals surface area contributed by atoms with Gasteiger partial charge >= 0.3 is 5.97 Å². The van der Waals surface area contributed by atoms with Crippen LogP contribution < -0.4 is 0 Å². The van der Waals surface area contributed by atoms with Crippen molar-refractivity contribution in [2.45, 2.75) is 32.6 Å². The summed E-state index contributed by atoms with van der Waals surface area (Å²) in [6.45, 7) is 2.02. The van der Waals surface area contributed by atoms with Crippen LogP contribution in [0.4, 0.5) is 0 Å². The summed E-state index contributed by atoms with van der Waals surface area (Å²) in [5.74, 6) is -1.35. The van der Waals surface area contributed by atoms with Gasteiger partial charge in [0.2, 0.25) is 0 Å². The largest absolute Gasteiger partial charge is 0.481 e. The lowest BCUT2D eigenvalue weighted by molar-refractivity contribution is -0.141. The molecule has 2 unspecified atom stereocenters. The summed E-state index contributed by atoms with van der Waals surface area (Å²) in [4.78, 5) is 23.4. The van der Waals surface area contributed by atoms with Crippen LogP contribution in [-0.4, -0.2) is 16.9 Å². The molecule has 0 saturated heterocycles. The Balaban J connectivity index is 2.17.